The van der Waals surface area contributed by atoms with Gasteiger partial charge >= 0.3 is 0 Å². The summed E-state index contributed by atoms with van der Waals surface area (Å²) in [4.78, 5) is 0. The zero-order chi connectivity index (χ0) is 12.1. The Morgan fingerprint density at radius 2 is 1.88 bits per heavy atom. The number of rotatable bonds is 5. The molecule has 0 atom stereocenters. The number of aryl methyl sites for hydroxylation is 1. The van der Waals surface area contributed by atoms with Crippen molar-refractivity contribution in [2.75, 3.05) is 0 Å². The molecule has 0 aliphatic heterocycles. The van der Waals surface area contributed by atoms with Crippen molar-refractivity contribution in [3.8, 4) is 0 Å². The average Bonchev–Trinajstić information content (AvgIpc) is 2.76. The van der Waals surface area contributed by atoms with E-state index in [-0.39, 0.29) is 0 Å². The van der Waals surface area contributed by atoms with Crippen molar-refractivity contribution in [2.45, 2.75) is 26.6 Å². The fourth-order valence-corrected chi connectivity index (χ4v) is 1.62. The van der Waals surface area contributed by atoms with E-state index in [1.807, 2.05) is 13.0 Å². The van der Waals surface area contributed by atoms with Gasteiger partial charge in [0.05, 0.1) is 12.2 Å². The van der Waals surface area contributed by atoms with Gasteiger partial charge in [-0.1, -0.05) is 29.4 Å². The Morgan fingerprint density at radius 1 is 1.18 bits per heavy atom. The molecule has 0 fully saturated rings. The van der Waals surface area contributed by atoms with Crippen LogP contribution in [0.4, 0.5) is 0 Å². The molecule has 0 saturated heterocycles. The lowest BCUT2D eigenvalue weighted by Crippen LogP contribution is -2.12. The van der Waals surface area contributed by atoms with E-state index in [1.54, 1.807) is 0 Å². The van der Waals surface area contributed by atoms with Crippen molar-refractivity contribution >= 4 is 0 Å². The largest absolute Gasteiger partial charge is 0.360 e. The molecule has 0 unspecified atom stereocenters. The van der Waals surface area contributed by atoms with Crippen LogP contribution in [0.3, 0.4) is 0 Å². The number of benzene rings is 1. The van der Waals surface area contributed by atoms with E-state index in [2.05, 4.69) is 34.7 Å². The van der Waals surface area contributed by atoms with E-state index in [4.69, 9.17) is 10.3 Å². The maximum Gasteiger partial charge on any atom is 0.150 e. The van der Waals surface area contributed by atoms with Gasteiger partial charge in [-0.2, -0.15) is 0 Å². The quantitative estimate of drug-likeness (QED) is 0.822. The van der Waals surface area contributed by atoms with Crippen LogP contribution in [0.25, 0.3) is 0 Å². The summed E-state index contributed by atoms with van der Waals surface area (Å²) < 4.78 is 5.11. The highest BCUT2D eigenvalue weighted by Gasteiger charge is 1.99. The lowest BCUT2D eigenvalue weighted by atomic mass is 10.1. The minimum absolute atomic E-state index is 0.588. The molecule has 2 aromatic rings. The first-order valence-corrected chi connectivity index (χ1v) is 5.69. The van der Waals surface area contributed by atoms with Crippen LogP contribution >= 0.6 is 0 Å². The summed E-state index contributed by atoms with van der Waals surface area (Å²) >= 11 is 0. The SMILES string of the molecule is Cc1cc(CNCc2ccc(CN)cc2)on1. The smallest absolute Gasteiger partial charge is 0.150 e. The van der Waals surface area contributed by atoms with E-state index in [1.165, 1.54) is 5.56 Å². The standard InChI is InChI=1S/C13H17N3O/c1-10-6-13(17-16-10)9-15-8-12-4-2-11(7-14)3-5-12/h2-6,15H,7-9,14H2,1H3. The van der Waals surface area contributed by atoms with Crippen molar-refractivity contribution in [2.24, 2.45) is 5.73 Å². The third-order valence-electron chi connectivity index (χ3n) is 2.56. The van der Waals surface area contributed by atoms with E-state index < -0.39 is 0 Å². The molecule has 1 heterocycles. The summed E-state index contributed by atoms with van der Waals surface area (Å²) in [5.41, 5.74) is 8.84. The van der Waals surface area contributed by atoms with Crippen LogP contribution in [-0.4, -0.2) is 5.16 Å². The van der Waals surface area contributed by atoms with Gasteiger partial charge in [0.1, 0.15) is 0 Å². The van der Waals surface area contributed by atoms with Gasteiger partial charge in [0.2, 0.25) is 0 Å². The molecular formula is C13H17N3O. The molecule has 1 aromatic heterocycles. The van der Waals surface area contributed by atoms with Gasteiger partial charge < -0.3 is 15.6 Å². The van der Waals surface area contributed by atoms with Crippen molar-refractivity contribution < 1.29 is 4.52 Å². The average molecular weight is 231 g/mol. The molecule has 90 valence electrons. The molecule has 0 aliphatic carbocycles. The monoisotopic (exact) mass is 231 g/mol. The highest BCUT2D eigenvalue weighted by molar-refractivity contribution is 5.22. The fourth-order valence-electron chi connectivity index (χ4n) is 1.62. The number of hydrogen-bond acceptors (Lipinski definition) is 4. The Bertz CT molecular complexity index is 462. The molecule has 0 saturated carbocycles. The van der Waals surface area contributed by atoms with Crippen molar-refractivity contribution in [1.29, 1.82) is 0 Å². The first-order valence-electron chi connectivity index (χ1n) is 5.69. The lowest BCUT2D eigenvalue weighted by molar-refractivity contribution is 0.369. The molecule has 0 spiro atoms. The highest BCUT2D eigenvalue weighted by atomic mass is 16.5. The van der Waals surface area contributed by atoms with Crippen LogP contribution < -0.4 is 11.1 Å². The molecule has 4 heteroatoms. The van der Waals surface area contributed by atoms with Crippen LogP contribution in [0.15, 0.2) is 34.9 Å². The topological polar surface area (TPSA) is 64.1 Å². The van der Waals surface area contributed by atoms with Crippen molar-refractivity contribution in [3.63, 3.8) is 0 Å². The highest BCUT2D eigenvalue weighted by Crippen LogP contribution is 2.05. The van der Waals surface area contributed by atoms with Crippen LogP contribution in [0, 0.1) is 6.92 Å². The Hall–Kier alpha value is -1.65. The van der Waals surface area contributed by atoms with Crippen LogP contribution in [0.5, 0.6) is 0 Å². The van der Waals surface area contributed by atoms with Crippen molar-refractivity contribution in [1.82, 2.24) is 10.5 Å². The van der Waals surface area contributed by atoms with E-state index >= 15 is 0 Å². The summed E-state index contributed by atoms with van der Waals surface area (Å²) in [6, 6.07) is 10.2. The van der Waals surface area contributed by atoms with Gasteiger partial charge in [-0.25, -0.2) is 0 Å². The molecule has 0 amide bonds. The number of aromatic nitrogens is 1. The number of nitrogens with zero attached hydrogens (tertiary/aromatic N) is 1. The molecule has 17 heavy (non-hydrogen) atoms. The Balaban J connectivity index is 1.81. The maximum atomic E-state index is 5.54. The van der Waals surface area contributed by atoms with Gasteiger partial charge in [-0.3, -0.25) is 0 Å². The number of nitrogens with two attached hydrogens (primary N) is 1. The predicted octanol–water partition coefficient (Wildman–Crippen LogP) is 1.73. The minimum Gasteiger partial charge on any atom is -0.360 e. The Labute approximate surface area is 101 Å². The van der Waals surface area contributed by atoms with Crippen LogP contribution in [0.2, 0.25) is 0 Å². The number of hydrogen-bond donors (Lipinski definition) is 2. The molecular weight excluding hydrogens is 214 g/mol. The van der Waals surface area contributed by atoms with E-state index in [0.717, 1.165) is 23.6 Å². The first kappa shape index (κ1) is 11.8. The Morgan fingerprint density at radius 3 is 2.47 bits per heavy atom. The summed E-state index contributed by atoms with van der Waals surface area (Å²) in [6.45, 7) is 4.01. The predicted molar refractivity (Wildman–Crippen MR) is 66.1 cm³/mol. The third-order valence-corrected chi connectivity index (χ3v) is 2.56. The zero-order valence-electron chi connectivity index (χ0n) is 9.94. The molecule has 2 rings (SSSR count). The summed E-state index contributed by atoms with van der Waals surface area (Å²) in [5, 5.41) is 7.14. The fraction of sp³-hybridized carbons (Fsp3) is 0.308. The first-order chi connectivity index (χ1) is 8.28. The van der Waals surface area contributed by atoms with Gasteiger partial charge in [-0.15, -0.1) is 0 Å². The van der Waals surface area contributed by atoms with Crippen molar-refractivity contribution in [3.05, 3.63) is 52.9 Å². The van der Waals surface area contributed by atoms with Gasteiger partial charge in [-0.05, 0) is 18.1 Å². The molecule has 0 radical (unpaired) electrons. The maximum absolute atomic E-state index is 5.54. The molecule has 4 nitrogen and oxygen atoms in total. The van der Waals surface area contributed by atoms with Gasteiger partial charge in [0.15, 0.2) is 5.76 Å². The Kier molecular flexibility index (Phi) is 3.90. The molecule has 0 aliphatic rings. The van der Waals surface area contributed by atoms with Crippen LogP contribution in [-0.2, 0) is 19.6 Å². The van der Waals surface area contributed by atoms with E-state index in [9.17, 15) is 0 Å². The second-order valence-electron chi connectivity index (χ2n) is 4.06. The third kappa shape index (κ3) is 3.41. The molecule has 3 N–H and O–H groups in total. The molecule has 0 bridgehead atoms. The second kappa shape index (κ2) is 5.61. The van der Waals surface area contributed by atoms with Gasteiger partial charge in [0.25, 0.3) is 0 Å². The van der Waals surface area contributed by atoms with Gasteiger partial charge in [0, 0.05) is 19.2 Å². The van der Waals surface area contributed by atoms with E-state index in [0.29, 0.717) is 13.1 Å². The summed E-state index contributed by atoms with van der Waals surface area (Å²) in [6.07, 6.45) is 0. The summed E-state index contributed by atoms with van der Waals surface area (Å²) in [7, 11) is 0. The summed E-state index contributed by atoms with van der Waals surface area (Å²) in [5.74, 6) is 0.862. The minimum atomic E-state index is 0.588. The number of nitrogens with one attached hydrogen (secondary N) is 1. The normalized spacial score (nSPS) is 10.7. The zero-order valence-corrected chi connectivity index (χ0v) is 9.94. The molecule has 1 aromatic carbocycles. The lowest BCUT2D eigenvalue weighted by Gasteiger charge is -2.03. The second-order valence-corrected chi connectivity index (χ2v) is 4.06. The van der Waals surface area contributed by atoms with Crippen LogP contribution in [0.1, 0.15) is 22.6 Å².